The minimum absolute atomic E-state index is 0.266. The molecule has 3 aromatic rings. The third-order valence-corrected chi connectivity index (χ3v) is 5.24. The Hall–Kier alpha value is -2.67. The highest BCUT2D eigenvalue weighted by atomic mass is 15.2. The van der Waals surface area contributed by atoms with E-state index in [1.807, 2.05) is 10.6 Å². The van der Waals surface area contributed by atoms with E-state index in [1.165, 1.54) is 11.1 Å². The van der Waals surface area contributed by atoms with E-state index < -0.39 is 0 Å². The van der Waals surface area contributed by atoms with Crippen molar-refractivity contribution in [1.29, 1.82) is 0 Å². The fraction of sp³-hybridized carbons (Fsp3) is 0.421. The summed E-state index contributed by atoms with van der Waals surface area (Å²) in [7, 11) is 0. The molecule has 0 bridgehead atoms. The number of nitrogens with two attached hydrogens (primary N) is 2. The van der Waals surface area contributed by atoms with Crippen molar-refractivity contribution in [1.82, 2.24) is 19.5 Å². The van der Waals surface area contributed by atoms with Gasteiger partial charge in [-0.2, -0.15) is 0 Å². The summed E-state index contributed by atoms with van der Waals surface area (Å²) in [6.07, 6.45) is 5.89. The SMILES string of the molecule is Cc1cc2nc(N)n(-c3cc(NC4CCCC(N)C4)ncn3)c2cc1C. The number of nitrogens with zero attached hydrogens (tertiary/aromatic N) is 4. The zero-order valence-corrected chi connectivity index (χ0v) is 15.2. The van der Waals surface area contributed by atoms with E-state index in [2.05, 4.69) is 46.2 Å². The van der Waals surface area contributed by atoms with Crippen LogP contribution >= 0.6 is 0 Å². The van der Waals surface area contributed by atoms with Gasteiger partial charge >= 0.3 is 0 Å². The molecule has 4 rings (SSSR count). The van der Waals surface area contributed by atoms with Crippen LogP contribution < -0.4 is 16.8 Å². The fourth-order valence-corrected chi connectivity index (χ4v) is 3.71. The first-order valence-electron chi connectivity index (χ1n) is 9.11. The van der Waals surface area contributed by atoms with Crippen molar-refractivity contribution in [3.63, 3.8) is 0 Å². The van der Waals surface area contributed by atoms with Gasteiger partial charge in [0.1, 0.15) is 18.0 Å². The fourth-order valence-electron chi connectivity index (χ4n) is 3.71. The van der Waals surface area contributed by atoms with Crippen LogP contribution in [0.4, 0.5) is 11.8 Å². The number of rotatable bonds is 3. The van der Waals surface area contributed by atoms with Gasteiger partial charge < -0.3 is 16.8 Å². The summed E-state index contributed by atoms with van der Waals surface area (Å²) >= 11 is 0. The molecule has 136 valence electrons. The molecule has 0 amide bonds. The number of fused-ring (bicyclic) bond motifs is 1. The molecule has 7 heteroatoms. The minimum atomic E-state index is 0.266. The van der Waals surface area contributed by atoms with E-state index in [0.29, 0.717) is 17.8 Å². The number of benzene rings is 1. The van der Waals surface area contributed by atoms with E-state index in [1.54, 1.807) is 6.33 Å². The largest absolute Gasteiger partial charge is 0.369 e. The van der Waals surface area contributed by atoms with Gasteiger partial charge in [-0.3, -0.25) is 4.57 Å². The Morgan fingerprint density at radius 1 is 1.12 bits per heavy atom. The Labute approximate surface area is 152 Å². The summed E-state index contributed by atoms with van der Waals surface area (Å²) < 4.78 is 1.88. The summed E-state index contributed by atoms with van der Waals surface area (Å²) in [4.78, 5) is 13.3. The number of anilines is 2. The number of aromatic nitrogens is 4. The number of nitrogens with one attached hydrogen (secondary N) is 1. The van der Waals surface area contributed by atoms with E-state index in [4.69, 9.17) is 11.5 Å². The molecule has 0 aliphatic heterocycles. The van der Waals surface area contributed by atoms with Gasteiger partial charge in [0.2, 0.25) is 5.95 Å². The lowest BCUT2D eigenvalue weighted by atomic mass is 9.92. The predicted molar refractivity (Wildman–Crippen MR) is 104 cm³/mol. The van der Waals surface area contributed by atoms with Crippen molar-refractivity contribution in [2.24, 2.45) is 5.73 Å². The minimum Gasteiger partial charge on any atom is -0.369 e. The van der Waals surface area contributed by atoms with Gasteiger partial charge in [0.15, 0.2) is 0 Å². The van der Waals surface area contributed by atoms with Crippen LogP contribution in [0.5, 0.6) is 0 Å². The molecule has 0 spiro atoms. The standard InChI is InChI=1S/C19H25N7/c1-11-6-15-16(7-12(11)2)26(19(21)25-15)18-9-17(22-10-23-18)24-14-5-3-4-13(20)8-14/h6-7,9-10,13-14H,3-5,8,20H2,1-2H3,(H2,21,25)(H,22,23,24). The molecule has 26 heavy (non-hydrogen) atoms. The monoisotopic (exact) mass is 351 g/mol. The molecule has 1 fully saturated rings. The molecular formula is C19H25N7. The molecule has 2 unspecified atom stereocenters. The molecule has 2 atom stereocenters. The maximum atomic E-state index is 6.19. The first-order chi connectivity index (χ1) is 12.5. The van der Waals surface area contributed by atoms with Crippen molar-refractivity contribution < 1.29 is 0 Å². The van der Waals surface area contributed by atoms with Crippen molar-refractivity contribution in [3.8, 4) is 5.82 Å². The van der Waals surface area contributed by atoms with Crippen molar-refractivity contribution in [2.45, 2.75) is 51.6 Å². The summed E-state index contributed by atoms with van der Waals surface area (Å²) in [5.41, 5.74) is 16.5. The van der Waals surface area contributed by atoms with E-state index in [9.17, 15) is 0 Å². The van der Waals surface area contributed by atoms with Gasteiger partial charge in [-0.15, -0.1) is 0 Å². The molecule has 0 saturated heterocycles. The van der Waals surface area contributed by atoms with Crippen LogP contribution in [0.25, 0.3) is 16.9 Å². The number of hydrogen-bond donors (Lipinski definition) is 3. The van der Waals surface area contributed by atoms with E-state index >= 15 is 0 Å². The first kappa shape index (κ1) is 16.8. The lowest BCUT2D eigenvalue weighted by Gasteiger charge is -2.27. The Morgan fingerprint density at radius 3 is 2.73 bits per heavy atom. The maximum absolute atomic E-state index is 6.19. The zero-order chi connectivity index (χ0) is 18.3. The molecule has 5 N–H and O–H groups in total. The van der Waals surface area contributed by atoms with Crippen molar-refractivity contribution in [2.75, 3.05) is 11.1 Å². The topological polar surface area (TPSA) is 108 Å². The quantitative estimate of drug-likeness (QED) is 0.669. The van der Waals surface area contributed by atoms with Crippen LogP contribution in [0, 0.1) is 13.8 Å². The van der Waals surface area contributed by atoms with Crippen LogP contribution in [0.2, 0.25) is 0 Å². The number of hydrogen-bond acceptors (Lipinski definition) is 6. The normalized spacial score (nSPS) is 20.4. The van der Waals surface area contributed by atoms with E-state index in [0.717, 1.165) is 42.5 Å². The molecule has 2 aromatic heterocycles. The Morgan fingerprint density at radius 2 is 1.92 bits per heavy atom. The Kier molecular flexibility index (Phi) is 4.24. The maximum Gasteiger partial charge on any atom is 0.207 e. The average Bonchev–Trinajstić information content (AvgIpc) is 2.90. The highest BCUT2D eigenvalue weighted by molar-refractivity contribution is 5.82. The van der Waals surface area contributed by atoms with Gasteiger partial charge in [-0.25, -0.2) is 15.0 Å². The van der Waals surface area contributed by atoms with Gasteiger partial charge in [0.25, 0.3) is 0 Å². The highest BCUT2D eigenvalue weighted by Crippen LogP contribution is 2.26. The zero-order valence-electron chi connectivity index (χ0n) is 15.2. The van der Waals surface area contributed by atoms with Gasteiger partial charge in [0, 0.05) is 18.2 Å². The smallest absolute Gasteiger partial charge is 0.207 e. The Bertz CT molecular complexity index is 946. The number of aryl methyl sites for hydroxylation is 2. The third-order valence-electron chi connectivity index (χ3n) is 5.24. The van der Waals surface area contributed by atoms with Crippen LogP contribution in [-0.4, -0.2) is 31.6 Å². The average molecular weight is 351 g/mol. The van der Waals surface area contributed by atoms with Crippen LogP contribution in [0.3, 0.4) is 0 Å². The molecule has 1 saturated carbocycles. The molecule has 2 heterocycles. The van der Waals surface area contributed by atoms with Gasteiger partial charge in [0.05, 0.1) is 11.0 Å². The summed E-state index contributed by atoms with van der Waals surface area (Å²) in [6, 6.07) is 6.70. The van der Waals surface area contributed by atoms with E-state index in [-0.39, 0.29) is 6.04 Å². The van der Waals surface area contributed by atoms with Crippen molar-refractivity contribution in [3.05, 3.63) is 35.7 Å². The molecule has 1 aliphatic rings. The predicted octanol–water partition coefficient (Wildman–Crippen LogP) is 2.70. The summed E-state index contributed by atoms with van der Waals surface area (Å²) in [6.45, 7) is 4.16. The first-order valence-corrected chi connectivity index (χ1v) is 9.11. The van der Waals surface area contributed by atoms with Gasteiger partial charge in [-0.1, -0.05) is 0 Å². The van der Waals surface area contributed by atoms with Gasteiger partial charge in [-0.05, 0) is 62.8 Å². The highest BCUT2D eigenvalue weighted by Gasteiger charge is 2.20. The molecule has 1 aliphatic carbocycles. The summed E-state index contributed by atoms with van der Waals surface area (Å²) in [5, 5.41) is 3.50. The number of imidazole rings is 1. The molecule has 7 nitrogen and oxygen atoms in total. The third kappa shape index (κ3) is 3.10. The second kappa shape index (κ2) is 6.57. The second-order valence-electron chi connectivity index (χ2n) is 7.26. The lowest BCUT2D eigenvalue weighted by Crippen LogP contribution is -2.35. The molecule has 1 aromatic carbocycles. The van der Waals surface area contributed by atoms with Crippen molar-refractivity contribution >= 4 is 22.8 Å². The second-order valence-corrected chi connectivity index (χ2v) is 7.26. The lowest BCUT2D eigenvalue weighted by molar-refractivity contribution is 0.409. The molecular weight excluding hydrogens is 326 g/mol. The Balaban J connectivity index is 1.69. The number of nitrogen functional groups attached to an aromatic ring is 1. The summed E-state index contributed by atoms with van der Waals surface area (Å²) in [5.74, 6) is 1.93. The van der Waals surface area contributed by atoms with Crippen LogP contribution in [0.1, 0.15) is 36.8 Å². The van der Waals surface area contributed by atoms with Crippen LogP contribution in [-0.2, 0) is 0 Å². The molecule has 0 radical (unpaired) electrons. The van der Waals surface area contributed by atoms with Crippen LogP contribution in [0.15, 0.2) is 24.5 Å².